The van der Waals surface area contributed by atoms with Crippen molar-refractivity contribution in [1.82, 2.24) is 15.1 Å². The second kappa shape index (κ2) is 9.80. The lowest BCUT2D eigenvalue weighted by Crippen LogP contribution is -2.46. The van der Waals surface area contributed by atoms with Crippen LogP contribution in [0.1, 0.15) is 24.8 Å². The van der Waals surface area contributed by atoms with Crippen LogP contribution in [0.25, 0.3) is 0 Å². The van der Waals surface area contributed by atoms with Crippen molar-refractivity contribution in [2.24, 2.45) is 5.92 Å². The highest BCUT2D eigenvalue weighted by Crippen LogP contribution is 2.33. The number of piperidine rings is 1. The van der Waals surface area contributed by atoms with Crippen molar-refractivity contribution in [1.29, 1.82) is 0 Å². The number of benzene rings is 1. The monoisotopic (exact) mass is 377 g/mol. The van der Waals surface area contributed by atoms with Crippen LogP contribution in [0.2, 0.25) is 0 Å². The number of nitrogens with one attached hydrogen (secondary N) is 1. The fraction of sp³-hybridized carbons (Fsp3) is 0.650. The lowest BCUT2D eigenvalue weighted by Gasteiger charge is -2.33. The Bertz CT molecular complexity index is 623. The number of carbonyl (C=O) groups excluding carboxylic acids is 1. The summed E-state index contributed by atoms with van der Waals surface area (Å²) >= 11 is 0. The van der Waals surface area contributed by atoms with E-state index in [1.165, 1.54) is 0 Å². The second-order valence-electron chi connectivity index (χ2n) is 7.29. The highest BCUT2D eigenvalue weighted by atomic mass is 16.5. The van der Waals surface area contributed by atoms with Gasteiger partial charge in [-0.15, -0.1) is 0 Å². The van der Waals surface area contributed by atoms with Crippen molar-refractivity contribution in [2.45, 2.75) is 25.8 Å². The van der Waals surface area contributed by atoms with Gasteiger partial charge in [0.15, 0.2) is 11.5 Å². The van der Waals surface area contributed by atoms with E-state index < -0.39 is 0 Å². The fourth-order valence-corrected chi connectivity index (χ4v) is 3.90. The first-order valence-electron chi connectivity index (χ1n) is 9.86. The number of nitrogens with zero attached hydrogens (tertiary/aromatic N) is 2. The second-order valence-corrected chi connectivity index (χ2v) is 7.29. The summed E-state index contributed by atoms with van der Waals surface area (Å²) < 4.78 is 11.3. The normalized spacial score (nSPS) is 20.8. The summed E-state index contributed by atoms with van der Waals surface area (Å²) in [5.74, 6) is 1.89. The number of ether oxygens (including phenoxy) is 2. The van der Waals surface area contributed by atoms with Gasteiger partial charge in [-0.25, -0.2) is 4.79 Å². The minimum atomic E-state index is -0.0232. The molecule has 0 aliphatic carbocycles. The number of methoxy groups -OCH3 is 1. The summed E-state index contributed by atoms with van der Waals surface area (Å²) in [6, 6.07) is 5.77. The van der Waals surface area contributed by atoms with Gasteiger partial charge in [-0.2, -0.15) is 0 Å². The molecule has 0 unspecified atom stereocenters. The number of urea groups is 1. The van der Waals surface area contributed by atoms with E-state index in [-0.39, 0.29) is 12.6 Å². The minimum absolute atomic E-state index is 0.0232. The quantitative estimate of drug-likeness (QED) is 0.817. The average Bonchev–Trinajstić information content (AvgIpc) is 2.67. The van der Waals surface area contributed by atoms with Crippen LogP contribution in [0.4, 0.5) is 4.79 Å². The molecule has 1 atom stereocenters. The smallest absolute Gasteiger partial charge is 0.317 e. The van der Waals surface area contributed by atoms with Crippen LogP contribution in [0, 0.1) is 5.92 Å². The molecular formula is C20H31N3O4. The highest BCUT2D eigenvalue weighted by molar-refractivity contribution is 5.74. The van der Waals surface area contributed by atoms with Crippen molar-refractivity contribution in [2.75, 3.05) is 53.0 Å². The SMILES string of the molecule is COc1cccc2c1OCCCN(C(=O)NC[C@H]1CCCN(CCO)C1)C2. The molecule has 1 aromatic carbocycles. The maximum absolute atomic E-state index is 12.8. The molecule has 0 spiro atoms. The molecule has 2 amide bonds. The topological polar surface area (TPSA) is 74.3 Å². The summed E-state index contributed by atoms with van der Waals surface area (Å²) in [6.07, 6.45) is 3.03. The van der Waals surface area contributed by atoms with E-state index in [1.807, 2.05) is 23.1 Å². The summed E-state index contributed by atoms with van der Waals surface area (Å²) in [4.78, 5) is 16.9. The first-order chi connectivity index (χ1) is 13.2. The molecule has 7 heteroatoms. The Morgan fingerprint density at radius 2 is 2.26 bits per heavy atom. The van der Waals surface area contributed by atoms with Crippen LogP contribution in [0.3, 0.4) is 0 Å². The number of para-hydroxylation sites is 1. The van der Waals surface area contributed by atoms with Crippen LogP contribution < -0.4 is 14.8 Å². The van der Waals surface area contributed by atoms with Gasteiger partial charge >= 0.3 is 6.03 Å². The Balaban J connectivity index is 1.57. The van der Waals surface area contributed by atoms with Crippen LogP contribution in [-0.4, -0.2) is 74.0 Å². The van der Waals surface area contributed by atoms with E-state index >= 15 is 0 Å². The Hall–Kier alpha value is -1.99. The number of β-amino-alcohol motifs (C(OH)–C–C–N with tert-alkyl or cyclic N) is 1. The third kappa shape index (κ3) is 5.26. The summed E-state index contributed by atoms with van der Waals surface area (Å²) in [5.41, 5.74) is 0.969. The van der Waals surface area contributed by atoms with Crippen molar-refractivity contribution >= 4 is 6.03 Å². The molecular weight excluding hydrogens is 346 g/mol. The maximum Gasteiger partial charge on any atom is 0.317 e. The van der Waals surface area contributed by atoms with Gasteiger partial charge in [-0.05, 0) is 37.8 Å². The number of rotatable bonds is 5. The average molecular weight is 377 g/mol. The molecule has 27 heavy (non-hydrogen) atoms. The Kier molecular flexibility index (Phi) is 7.18. The lowest BCUT2D eigenvalue weighted by atomic mass is 9.98. The van der Waals surface area contributed by atoms with Crippen LogP contribution in [-0.2, 0) is 6.54 Å². The Morgan fingerprint density at radius 1 is 1.37 bits per heavy atom. The summed E-state index contributed by atoms with van der Waals surface area (Å²) in [6.45, 7) is 5.32. The molecule has 2 aliphatic rings. The largest absolute Gasteiger partial charge is 0.493 e. The fourth-order valence-electron chi connectivity index (χ4n) is 3.90. The molecule has 7 nitrogen and oxygen atoms in total. The molecule has 2 heterocycles. The third-order valence-electron chi connectivity index (χ3n) is 5.31. The van der Waals surface area contributed by atoms with Gasteiger partial charge in [0.2, 0.25) is 0 Å². The predicted molar refractivity (Wildman–Crippen MR) is 103 cm³/mol. The molecule has 3 rings (SSSR count). The zero-order valence-electron chi connectivity index (χ0n) is 16.2. The van der Waals surface area contributed by atoms with E-state index in [0.717, 1.165) is 50.2 Å². The van der Waals surface area contributed by atoms with E-state index in [9.17, 15) is 4.79 Å². The number of likely N-dealkylation sites (tertiary alicyclic amines) is 1. The number of aliphatic hydroxyl groups excluding tert-OH is 1. The van der Waals surface area contributed by atoms with Crippen LogP contribution in [0.5, 0.6) is 11.5 Å². The number of hydrogen-bond acceptors (Lipinski definition) is 5. The first-order valence-corrected chi connectivity index (χ1v) is 9.86. The van der Waals surface area contributed by atoms with Crippen molar-refractivity contribution < 1.29 is 19.4 Å². The molecule has 1 saturated heterocycles. The zero-order chi connectivity index (χ0) is 19.1. The minimum Gasteiger partial charge on any atom is -0.493 e. The molecule has 2 aliphatic heterocycles. The molecule has 2 N–H and O–H groups in total. The highest BCUT2D eigenvalue weighted by Gasteiger charge is 2.23. The molecule has 0 bridgehead atoms. The van der Waals surface area contributed by atoms with E-state index in [0.29, 0.717) is 37.9 Å². The number of fused-ring (bicyclic) bond motifs is 1. The number of amides is 2. The van der Waals surface area contributed by atoms with Crippen molar-refractivity contribution in [3.8, 4) is 11.5 Å². The maximum atomic E-state index is 12.8. The van der Waals surface area contributed by atoms with Gasteiger partial charge in [-0.3, -0.25) is 0 Å². The standard InChI is InChI=1S/C20H31N3O4/c1-26-18-7-2-6-17-15-23(9-4-12-27-19(17)18)20(25)21-13-16-5-3-8-22(14-16)10-11-24/h2,6-7,16,24H,3-5,8-15H2,1H3,(H,21,25)/t16-/m1/s1. The number of aliphatic hydroxyl groups is 1. The number of hydrogen-bond donors (Lipinski definition) is 2. The first kappa shape index (κ1) is 19.8. The van der Waals surface area contributed by atoms with Gasteiger partial charge in [0.25, 0.3) is 0 Å². The zero-order valence-corrected chi connectivity index (χ0v) is 16.2. The van der Waals surface area contributed by atoms with Gasteiger partial charge in [0, 0.05) is 31.7 Å². The lowest BCUT2D eigenvalue weighted by molar-refractivity contribution is 0.136. The van der Waals surface area contributed by atoms with Gasteiger partial charge in [-0.1, -0.05) is 12.1 Å². The molecule has 150 valence electrons. The molecule has 0 radical (unpaired) electrons. The Morgan fingerprint density at radius 3 is 3.07 bits per heavy atom. The van der Waals surface area contributed by atoms with E-state index in [2.05, 4.69) is 10.2 Å². The summed E-state index contributed by atoms with van der Waals surface area (Å²) in [5, 5.41) is 12.2. The van der Waals surface area contributed by atoms with E-state index in [4.69, 9.17) is 14.6 Å². The van der Waals surface area contributed by atoms with Gasteiger partial charge < -0.3 is 29.7 Å². The molecule has 0 aromatic heterocycles. The van der Waals surface area contributed by atoms with Crippen molar-refractivity contribution in [3.05, 3.63) is 23.8 Å². The number of carbonyl (C=O) groups is 1. The van der Waals surface area contributed by atoms with Gasteiger partial charge in [0.1, 0.15) is 0 Å². The van der Waals surface area contributed by atoms with Crippen LogP contribution >= 0.6 is 0 Å². The van der Waals surface area contributed by atoms with Gasteiger partial charge in [0.05, 0.1) is 26.9 Å². The third-order valence-corrected chi connectivity index (χ3v) is 5.31. The van der Waals surface area contributed by atoms with Crippen LogP contribution in [0.15, 0.2) is 18.2 Å². The molecule has 1 fully saturated rings. The predicted octanol–water partition coefficient (Wildman–Crippen LogP) is 1.69. The molecule has 0 saturated carbocycles. The molecule has 1 aromatic rings. The summed E-state index contributed by atoms with van der Waals surface area (Å²) in [7, 11) is 1.63. The van der Waals surface area contributed by atoms with E-state index in [1.54, 1.807) is 7.11 Å². The Labute approximate surface area is 161 Å². The van der Waals surface area contributed by atoms with Crippen molar-refractivity contribution in [3.63, 3.8) is 0 Å².